The summed E-state index contributed by atoms with van der Waals surface area (Å²) in [6.45, 7) is 6.37. The number of nitrogens with one attached hydrogen (secondary N) is 1. The third-order valence-corrected chi connectivity index (χ3v) is 4.78. The number of rotatable bonds is 6. The minimum absolute atomic E-state index is 0.0990. The molecule has 0 bridgehead atoms. The van der Waals surface area contributed by atoms with Crippen LogP contribution in [0.1, 0.15) is 25.8 Å². The van der Waals surface area contributed by atoms with Gasteiger partial charge in [-0.3, -0.25) is 10.1 Å². The molecule has 2 heterocycles. The number of nitro groups is 1. The zero-order valence-electron chi connectivity index (χ0n) is 15.8. The van der Waals surface area contributed by atoms with Crippen LogP contribution in [0.5, 0.6) is 0 Å². The minimum atomic E-state index is -0.484. The number of piperidine rings is 1. The zero-order valence-corrected chi connectivity index (χ0v) is 15.8. The Morgan fingerprint density at radius 3 is 2.52 bits per heavy atom. The number of nitrogens with two attached hydrogens (primary N) is 1. The van der Waals surface area contributed by atoms with E-state index in [1.165, 1.54) is 5.56 Å². The monoisotopic (exact) mass is 370 g/mol. The van der Waals surface area contributed by atoms with Crippen molar-refractivity contribution in [2.24, 2.45) is 11.8 Å². The van der Waals surface area contributed by atoms with Crippen LogP contribution in [0.25, 0.3) is 0 Å². The third kappa shape index (κ3) is 4.64. The highest BCUT2D eigenvalue weighted by molar-refractivity contribution is 5.71. The van der Waals surface area contributed by atoms with Crippen LogP contribution >= 0.6 is 0 Å². The molecular weight excluding hydrogens is 344 g/mol. The summed E-state index contributed by atoms with van der Waals surface area (Å²) in [5.74, 6) is 1.43. The van der Waals surface area contributed by atoms with Crippen molar-refractivity contribution in [3.8, 4) is 0 Å². The molecule has 2 aromatic rings. The molecule has 27 heavy (non-hydrogen) atoms. The van der Waals surface area contributed by atoms with E-state index in [9.17, 15) is 10.1 Å². The van der Waals surface area contributed by atoms with Crippen molar-refractivity contribution in [3.63, 3.8) is 0 Å². The van der Waals surface area contributed by atoms with Gasteiger partial charge in [-0.1, -0.05) is 44.2 Å². The predicted molar refractivity (Wildman–Crippen MR) is 107 cm³/mol. The van der Waals surface area contributed by atoms with E-state index < -0.39 is 4.92 Å². The van der Waals surface area contributed by atoms with Crippen molar-refractivity contribution >= 4 is 23.3 Å². The van der Waals surface area contributed by atoms with Crippen molar-refractivity contribution in [2.75, 3.05) is 35.6 Å². The summed E-state index contributed by atoms with van der Waals surface area (Å²) in [5, 5.41) is 14.7. The maximum atomic E-state index is 11.6. The first-order valence-electron chi connectivity index (χ1n) is 9.28. The number of aromatic nitrogens is 2. The molecule has 1 aromatic carbocycles. The first-order valence-corrected chi connectivity index (χ1v) is 9.28. The molecule has 144 valence electrons. The summed E-state index contributed by atoms with van der Waals surface area (Å²) in [5.41, 5.74) is 6.91. The van der Waals surface area contributed by atoms with Crippen molar-refractivity contribution in [1.29, 1.82) is 0 Å². The number of nitrogen functional groups attached to an aromatic ring is 1. The number of nitrogens with zero attached hydrogens (tertiary/aromatic N) is 4. The lowest BCUT2D eigenvalue weighted by Gasteiger charge is -2.35. The summed E-state index contributed by atoms with van der Waals surface area (Å²) >= 11 is 0. The molecule has 2 atom stereocenters. The van der Waals surface area contributed by atoms with Gasteiger partial charge in [0, 0.05) is 19.6 Å². The molecule has 3 N–H and O–H groups in total. The molecule has 0 unspecified atom stereocenters. The Balaban J connectivity index is 1.81. The first-order chi connectivity index (χ1) is 12.9. The van der Waals surface area contributed by atoms with Crippen molar-refractivity contribution in [1.82, 2.24) is 9.97 Å². The molecule has 0 amide bonds. The molecule has 0 aliphatic carbocycles. The largest absolute Gasteiger partial charge is 0.378 e. The van der Waals surface area contributed by atoms with E-state index >= 15 is 0 Å². The minimum Gasteiger partial charge on any atom is -0.378 e. The fraction of sp³-hybridized carbons (Fsp3) is 0.474. The van der Waals surface area contributed by atoms with Gasteiger partial charge in [0.15, 0.2) is 0 Å². The second-order valence-corrected chi connectivity index (χ2v) is 7.38. The van der Waals surface area contributed by atoms with Gasteiger partial charge in [0.05, 0.1) is 4.92 Å². The van der Waals surface area contributed by atoms with Gasteiger partial charge in [-0.2, -0.15) is 9.97 Å². The molecule has 8 heteroatoms. The average molecular weight is 370 g/mol. The Labute approximate surface area is 159 Å². The first kappa shape index (κ1) is 18.9. The van der Waals surface area contributed by atoms with Crippen molar-refractivity contribution in [3.05, 3.63) is 46.0 Å². The fourth-order valence-electron chi connectivity index (χ4n) is 3.73. The topological polar surface area (TPSA) is 110 Å². The molecule has 1 aliphatic heterocycles. The Bertz CT molecular complexity index is 788. The number of hydrogen-bond acceptors (Lipinski definition) is 7. The molecule has 1 aliphatic rings. The van der Waals surface area contributed by atoms with Crippen LogP contribution in [-0.2, 0) is 6.42 Å². The van der Waals surface area contributed by atoms with Crippen LogP contribution in [0.4, 0.5) is 23.3 Å². The molecule has 0 radical (unpaired) electrons. The number of benzene rings is 1. The van der Waals surface area contributed by atoms with Gasteiger partial charge in [-0.15, -0.1) is 0 Å². The van der Waals surface area contributed by atoms with E-state index in [0.29, 0.717) is 30.1 Å². The zero-order chi connectivity index (χ0) is 19.4. The molecule has 3 rings (SSSR count). The van der Waals surface area contributed by atoms with Crippen LogP contribution in [0.15, 0.2) is 30.3 Å². The van der Waals surface area contributed by atoms with E-state index in [0.717, 1.165) is 25.9 Å². The van der Waals surface area contributed by atoms with Crippen molar-refractivity contribution in [2.45, 2.75) is 26.7 Å². The standard InChI is InChI=1S/C19H26N6O2/c1-13-10-14(2)12-24(11-13)18-16(25(26)27)17(20)22-19(23-18)21-9-8-15-6-4-3-5-7-15/h3-7,13-14H,8-12H2,1-2H3,(H3,20,21,22,23)/t13-,14-/m0/s1. The van der Waals surface area contributed by atoms with Gasteiger partial charge in [-0.05, 0) is 30.2 Å². The summed E-state index contributed by atoms with van der Waals surface area (Å²) in [6, 6.07) is 10.1. The molecule has 1 saturated heterocycles. The average Bonchev–Trinajstić information content (AvgIpc) is 2.61. The molecular formula is C19H26N6O2. The SMILES string of the molecule is C[C@H]1C[C@H](C)CN(c2nc(NCCc3ccccc3)nc(N)c2[N+](=O)[O-])C1. The van der Waals surface area contributed by atoms with E-state index in [-0.39, 0.29) is 11.5 Å². The lowest BCUT2D eigenvalue weighted by atomic mass is 9.92. The smallest absolute Gasteiger partial charge is 0.353 e. The van der Waals surface area contributed by atoms with E-state index in [1.54, 1.807) is 0 Å². The molecule has 0 spiro atoms. The van der Waals surface area contributed by atoms with E-state index in [1.807, 2.05) is 23.1 Å². The lowest BCUT2D eigenvalue weighted by molar-refractivity contribution is -0.383. The molecule has 1 aromatic heterocycles. The predicted octanol–water partition coefficient (Wildman–Crippen LogP) is 3.10. The van der Waals surface area contributed by atoms with Crippen LogP contribution < -0.4 is 16.0 Å². The number of anilines is 3. The van der Waals surface area contributed by atoms with Crippen LogP contribution in [-0.4, -0.2) is 34.5 Å². The van der Waals surface area contributed by atoms with Gasteiger partial charge in [0.1, 0.15) is 0 Å². The van der Waals surface area contributed by atoms with Gasteiger partial charge in [0.2, 0.25) is 17.6 Å². The molecule has 1 fully saturated rings. The Morgan fingerprint density at radius 1 is 1.22 bits per heavy atom. The van der Waals surface area contributed by atoms with Gasteiger partial charge >= 0.3 is 5.69 Å². The highest BCUT2D eigenvalue weighted by Crippen LogP contribution is 2.35. The highest BCUT2D eigenvalue weighted by Gasteiger charge is 2.31. The Kier molecular flexibility index (Phi) is 5.73. The van der Waals surface area contributed by atoms with Crippen LogP contribution in [0.3, 0.4) is 0 Å². The van der Waals surface area contributed by atoms with E-state index in [2.05, 4.69) is 41.3 Å². The molecule has 8 nitrogen and oxygen atoms in total. The Hall–Kier alpha value is -2.90. The quantitative estimate of drug-likeness (QED) is 0.594. The summed E-state index contributed by atoms with van der Waals surface area (Å²) in [7, 11) is 0. The van der Waals surface area contributed by atoms with Gasteiger partial charge in [-0.25, -0.2) is 0 Å². The molecule has 0 saturated carbocycles. The van der Waals surface area contributed by atoms with Gasteiger partial charge in [0.25, 0.3) is 0 Å². The second kappa shape index (κ2) is 8.20. The van der Waals surface area contributed by atoms with Crippen LogP contribution in [0, 0.1) is 22.0 Å². The fourth-order valence-corrected chi connectivity index (χ4v) is 3.73. The highest BCUT2D eigenvalue weighted by atomic mass is 16.6. The van der Waals surface area contributed by atoms with Crippen molar-refractivity contribution < 1.29 is 4.92 Å². The third-order valence-electron chi connectivity index (χ3n) is 4.78. The summed E-state index contributed by atoms with van der Waals surface area (Å²) < 4.78 is 0. The summed E-state index contributed by atoms with van der Waals surface area (Å²) in [4.78, 5) is 21.6. The number of hydrogen-bond donors (Lipinski definition) is 2. The maximum absolute atomic E-state index is 11.6. The maximum Gasteiger partial charge on any atom is 0.353 e. The lowest BCUT2D eigenvalue weighted by Crippen LogP contribution is -2.39. The van der Waals surface area contributed by atoms with Gasteiger partial charge < -0.3 is 16.0 Å². The second-order valence-electron chi connectivity index (χ2n) is 7.38. The van der Waals surface area contributed by atoms with E-state index in [4.69, 9.17) is 5.73 Å². The van der Waals surface area contributed by atoms with Crippen LogP contribution in [0.2, 0.25) is 0 Å². The normalized spacial score (nSPS) is 19.7. The summed E-state index contributed by atoms with van der Waals surface area (Å²) in [6.07, 6.45) is 1.90. The Morgan fingerprint density at radius 2 is 1.89 bits per heavy atom.